The van der Waals surface area contributed by atoms with Gasteiger partial charge in [-0.2, -0.15) is 8.78 Å². The molecule has 0 saturated heterocycles. The number of halogens is 4. The third-order valence-corrected chi connectivity index (χ3v) is 0.693. The van der Waals surface area contributed by atoms with E-state index >= 15 is 0 Å². The van der Waals surface area contributed by atoms with E-state index in [-0.39, 0.29) is 6.42 Å². The van der Waals surface area contributed by atoms with Crippen LogP contribution in [0.15, 0.2) is 0 Å². The second kappa shape index (κ2) is 3.75. The maximum Gasteiger partial charge on any atom is 0.416 e. The van der Waals surface area contributed by atoms with E-state index in [4.69, 9.17) is 0 Å². The van der Waals surface area contributed by atoms with Gasteiger partial charge in [-0.05, 0) is 6.42 Å². The molecule has 0 unspecified atom stereocenters. The molecule has 0 spiro atoms. The Labute approximate surface area is 56.0 Å². The molecule has 10 heavy (non-hydrogen) atoms. The highest BCUT2D eigenvalue weighted by Crippen LogP contribution is 2.23. The summed E-state index contributed by atoms with van der Waals surface area (Å²) in [5, 5.41) is 0. The van der Waals surface area contributed by atoms with Gasteiger partial charge >= 0.3 is 12.5 Å². The highest BCUT2D eigenvalue weighted by atomic mass is 19.3. The second-order valence-electron chi connectivity index (χ2n) is 1.56. The molecule has 1 nitrogen and oxygen atoms in total. The van der Waals surface area contributed by atoms with Gasteiger partial charge in [-0.3, -0.25) is 0 Å². The van der Waals surface area contributed by atoms with E-state index in [1.54, 1.807) is 0 Å². The van der Waals surface area contributed by atoms with Gasteiger partial charge in [-0.15, -0.1) is 0 Å². The molecule has 0 aliphatic carbocycles. The summed E-state index contributed by atoms with van der Waals surface area (Å²) in [6.07, 6.45) is -8.04. The zero-order valence-electron chi connectivity index (χ0n) is 5.12. The van der Waals surface area contributed by atoms with Gasteiger partial charge in [-0.1, -0.05) is 6.92 Å². The minimum atomic E-state index is -4.32. The lowest BCUT2D eigenvalue weighted by molar-refractivity contribution is -0.299. The summed E-state index contributed by atoms with van der Waals surface area (Å²) in [7, 11) is 0. The number of alkyl halides is 4. The van der Waals surface area contributed by atoms with Crippen LogP contribution in [0.1, 0.15) is 6.42 Å². The van der Waals surface area contributed by atoms with Crippen LogP contribution in [-0.4, -0.2) is 19.1 Å². The van der Waals surface area contributed by atoms with Crippen molar-refractivity contribution >= 4 is 0 Å². The summed E-state index contributed by atoms with van der Waals surface area (Å²) in [5.41, 5.74) is 0. The number of ether oxygens (including phenoxy) is 1. The first-order valence-corrected chi connectivity index (χ1v) is 2.60. The summed E-state index contributed by atoms with van der Waals surface area (Å²) in [4.78, 5) is 0. The molecular weight excluding hydrogens is 152 g/mol. The van der Waals surface area contributed by atoms with E-state index in [1.165, 1.54) is 0 Å². The van der Waals surface area contributed by atoms with Gasteiger partial charge in [0.15, 0.2) is 0 Å². The van der Waals surface area contributed by atoms with Gasteiger partial charge in [0.1, 0.15) is 0 Å². The lowest BCUT2D eigenvalue weighted by Crippen LogP contribution is -2.30. The summed E-state index contributed by atoms with van der Waals surface area (Å²) < 4.78 is 49.4. The molecule has 0 amide bonds. The molecule has 0 heterocycles. The van der Waals surface area contributed by atoms with Gasteiger partial charge in [0.05, 0.1) is 6.61 Å². The van der Waals surface area contributed by atoms with Crippen LogP contribution in [0.25, 0.3) is 0 Å². The van der Waals surface area contributed by atoms with Crippen molar-refractivity contribution in [1.82, 2.24) is 0 Å². The Balaban J connectivity index is 3.63. The number of hydrogen-bond donors (Lipinski definition) is 0. The van der Waals surface area contributed by atoms with Crippen molar-refractivity contribution in [2.24, 2.45) is 0 Å². The molecule has 0 atom stereocenters. The van der Waals surface area contributed by atoms with Crippen molar-refractivity contribution in [2.75, 3.05) is 6.61 Å². The Hall–Kier alpha value is -0.320. The second-order valence-corrected chi connectivity index (χ2v) is 1.56. The Morgan fingerprint density at radius 2 is 1.90 bits per heavy atom. The van der Waals surface area contributed by atoms with Crippen LogP contribution in [0.5, 0.6) is 0 Å². The maximum atomic E-state index is 11.7. The standard InChI is InChI=1S/C5H7F4O/c1-2-3-10-5(8,9)4(6)7/h4H,1-3H2. The number of hydrogen-bond acceptors (Lipinski definition) is 1. The van der Waals surface area contributed by atoms with E-state index in [2.05, 4.69) is 11.7 Å². The van der Waals surface area contributed by atoms with Crippen molar-refractivity contribution < 1.29 is 22.3 Å². The lowest BCUT2D eigenvalue weighted by atomic mass is 10.5. The molecule has 0 aromatic carbocycles. The molecule has 0 aliphatic rings. The van der Waals surface area contributed by atoms with Crippen molar-refractivity contribution in [3.05, 3.63) is 6.92 Å². The third-order valence-electron chi connectivity index (χ3n) is 0.693. The maximum absolute atomic E-state index is 11.7. The topological polar surface area (TPSA) is 9.23 Å². The fraction of sp³-hybridized carbons (Fsp3) is 0.800. The molecule has 0 aromatic heterocycles. The van der Waals surface area contributed by atoms with Gasteiger partial charge in [0, 0.05) is 0 Å². The van der Waals surface area contributed by atoms with E-state index in [0.29, 0.717) is 0 Å². The van der Waals surface area contributed by atoms with Crippen LogP contribution in [-0.2, 0) is 4.74 Å². The molecule has 61 valence electrons. The van der Waals surface area contributed by atoms with Crippen molar-refractivity contribution in [2.45, 2.75) is 19.0 Å². The third kappa shape index (κ3) is 3.00. The van der Waals surface area contributed by atoms with Gasteiger partial charge in [0.2, 0.25) is 0 Å². The van der Waals surface area contributed by atoms with Gasteiger partial charge in [-0.25, -0.2) is 8.78 Å². The van der Waals surface area contributed by atoms with E-state index < -0.39 is 19.1 Å². The normalized spacial score (nSPS) is 12.6. The van der Waals surface area contributed by atoms with E-state index in [0.717, 1.165) is 0 Å². The van der Waals surface area contributed by atoms with E-state index in [1.807, 2.05) is 0 Å². The molecule has 0 rings (SSSR count). The monoisotopic (exact) mass is 159 g/mol. The van der Waals surface area contributed by atoms with Crippen molar-refractivity contribution in [3.63, 3.8) is 0 Å². The molecule has 1 radical (unpaired) electrons. The summed E-state index contributed by atoms with van der Waals surface area (Å²) in [6, 6.07) is 0. The van der Waals surface area contributed by atoms with E-state index in [9.17, 15) is 17.6 Å². The molecule has 0 N–H and O–H groups in total. The highest BCUT2D eigenvalue weighted by Gasteiger charge is 2.41. The van der Waals surface area contributed by atoms with Crippen LogP contribution in [0.3, 0.4) is 0 Å². The zero-order chi connectivity index (χ0) is 8.20. The van der Waals surface area contributed by atoms with Crippen LogP contribution < -0.4 is 0 Å². The smallest absolute Gasteiger partial charge is 0.316 e. The Morgan fingerprint density at radius 1 is 1.40 bits per heavy atom. The number of rotatable bonds is 4. The van der Waals surface area contributed by atoms with Gasteiger partial charge in [0.25, 0.3) is 0 Å². The predicted octanol–water partition coefficient (Wildman–Crippen LogP) is 2.09. The SMILES string of the molecule is [CH2]CCOC(F)(F)C(F)F. The average Bonchev–Trinajstić information content (AvgIpc) is 1.84. The van der Waals surface area contributed by atoms with Crippen LogP contribution in [0, 0.1) is 6.92 Å². The zero-order valence-corrected chi connectivity index (χ0v) is 5.12. The molecule has 0 saturated carbocycles. The lowest BCUT2D eigenvalue weighted by Gasteiger charge is -2.14. The Morgan fingerprint density at radius 3 is 2.20 bits per heavy atom. The summed E-state index contributed by atoms with van der Waals surface area (Å²) >= 11 is 0. The Kier molecular flexibility index (Phi) is 3.63. The molecule has 0 aliphatic heterocycles. The molecular formula is C5H7F4O. The Bertz CT molecular complexity index is 93.6. The predicted molar refractivity (Wildman–Crippen MR) is 26.9 cm³/mol. The first-order valence-electron chi connectivity index (χ1n) is 2.60. The van der Waals surface area contributed by atoms with Crippen molar-refractivity contribution in [3.8, 4) is 0 Å². The average molecular weight is 159 g/mol. The minimum Gasteiger partial charge on any atom is -0.316 e. The molecule has 5 heteroatoms. The van der Waals surface area contributed by atoms with Crippen LogP contribution >= 0.6 is 0 Å². The first-order chi connectivity index (χ1) is 4.50. The molecule has 0 aromatic rings. The fourth-order valence-electron chi connectivity index (χ4n) is 0.271. The summed E-state index contributed by atoms with van der Waals surface area (Å²) in [6.45, 7) is 2.68. The fourth-order valence-corrected chi connectivity index (χ4v) is 0.271. The summed E-state index contributed by atoms with van der Waals surface area (Å²) in [5.74, 6) is 0. The van der Waals surface area contributed by atoms with Crippen LogP contribution in [0.4, 0.5) is 17.6 Å². The largest absolute Gasteiger partial charge is 0.416 e. The molecule has 0 fully saturated rings. The quantitative estimate of drug-likeness (QED) is 0.570. The van der Waals surface area contributed by atoms with Crippen molar-refractivity contribution in [1.29, 1.82) is 0 Å². The minimum absolute atomic E-state index is 0.0440. The van der Waals surface area contributed by atoms with Crippen LogP contribution in [0.2, 0.25) is 0 Å². The van der Waals surface area contributed by atoms with Gasteiger partial charge < -0.3 is 4.74 Å². The highest BCUT2D eigenvalue weighted by molar-refractivity contribution is 4.54. The first kappa shape index (κ1) is 9.68. The molecule has 0 bridgehead atoms.